The van der Waals surface area contributed by atoms with Crippen LogP contribution < -0.4 is 5.32 Å². The topological polar surface area (TPSA) is 124 Å². The molecule has 8 nitrogen and oxygen atoms in total. The number of hydrogen-bond donors (Lipinski definition) is 3. The van der Waals surface area contributed by atoms with Crippen molar-refractivity contribution in [1.82, 2.24) is 4.90 Å². The second-order valence-electron chi connectivity index (χ2n) is 10.7. The van der Waals surface area contributed by atoms with E-state index in [2.05, 4.69) is 19.2 Å². The van der Waals surface area contributed by atoms with Crippen LogP contribution in [0.2, 0.25) is 0 Å². The van der Waals surface area contributed by atoms with E-state index in [-0.39, 0.29) is 34.5 Å². The summed E-state index contributed by atoms with van der Waals surface area (Å²) < 4.78 is 0. The minimum Gasteiger partial charge on any atom is -0.478 e. The Morgan fingerprint density at radius 2 is 1.76 bits per heavy atom. The molecule has 0 aromatic heterocycles. The third kappa shape index (κ3) is 8.17. The lowest BCUT2D eigenvalue weighted by Gasteiger charge is -2.31. The number of hydrogen-bond acceptors (Lipinski definition) is 6. The first kappa shape index (κ1) is 28.9. The zero-order chi connectivity index (χ0) is 27.0. The Morgan fingerprint density at radius 1 is 1.11 bits per heavy atom. The second kappa shape index (κ2) is 13.2. The molecule has 0 spiro atoms. The van der Waals surface area contributed by atoms with Crippen molar-refractivity contribution in [2.24, 2.45) is 17.3 Å². The molecule has 1 aliphatic heterocycles. The summed E-state index contributed by atoms with van der Waals surface area (Å²) in [4.78, 5) is 51.4. The lowest BCUT2D eigenvalue weighted by atomic mass is 9.79. The summed E-state index contributed by atoms with van der Waals surface area (Å²) in [5.74, 6) is -2.13. The Morgan fingerprint density at radius 3 is 2.35 bits per heavy atom. The molecule has 0 bridgehead atoms. The number of piperidine rings is 1. The molecular formula is C28H38N2O6S. The van der Waals surface area contributed by atoms with E-state index >= 15 is 0 Å². The number of para-hydroxylation sites is 1. The highest BCUT2D eigenvalue weighted by molar-refractivity contribution is 8.13. The van der Waals surface area contributed by atoms with Gasteiger partial charge < -0.3 is 15.5 Å². The van der Waals surface area contributed by atoms with Gasteiger partial charge in [-0.15, -0.1) is 0 Å². The second-order valence-corrected chi connectivity index (χ2v) is 11.7. The predicted octanol–water partition coefficient (Wildman–Crippen LogP) is 5.05. The highest BCUT2D eigenvalue weighted by Gasteiger charge is 2.41. The maximum absolute atomic E-state index is 13.4. The van der Waals surface area contributed by atoms with Crippen molar-refractivity contribution in [1.29, 1.82) is 0 Å². The quantitative estimate of drug-likeness (QED) is 0.268. The van der Waals surface area contributed by atoms with Crippen molar-refractivity contribution in [3.63, 3.8) is 0 Å². The molecule has 37 heavy (non-hydrogen) atoms. The maximum Gasteiger partial charge on any atom is 0.333 e. The van der Waals surface area contributed by atoms with Crippen LogP contribution in [0.15, 0.2) is 40.8 Å². The largest absolute Gasteiger partial charge is 0.478 e. The Labute approximate surface area is 222 Å². The van der Waals surface area contributed by atoms with E-state index in [1.807, 2.05) is 29.2 Å². The van der Waals surface area contributed by atoms with Gasteiger partial charge in [-0.05, 0) is 81.4 Å². The van der Waals surface area contributed by atoms with Gasteiger partial charge in [-0.2, -0.15) is 0 Å². The van der Waals surface area contributed by atoms with Crippen LogP contribution in [0.25, 0.3) is 0 Å². The van der Waals surface area contributed by atoms with Gasteiger partial charge in [0.15, 0.2) is 5.12 Å². The van der Waals surface area contributed by atoms with E-state index in [0.29, 0.717) is 37.5 Å². The number of amides is 1. The van der Waals surface area contributed by atoms with E-state index in [0.717, 1.165) is 61.3 Å². The molecule has 9 heteroatoms. The lowest BCUT2D eigenvalue weighted by Crippen LogP contribution is -2.38. The molecule has 1 aliphatic carbocycles. The van der Waals surface area contributed by atoms with Crippen LogP contribution in [0.5, 0.6) is 0 Å². The van der Waals surface area contributed by atoms with Crippen LogP contribution in [-0.2, 0) is 19.2 Å². The average molecular weight is 531 g/mol. The zero-order valence-corrected chi connectivity index (χ0v) is 22.5. The van der Waals surface area contributed by atoms with Crippen molar-refractivity contribution in [2.75, 3.05) is 25.0 Å². The summed E-state index contributed by atoms with van der Waals surface area (Å²) in [6.07, 6.45) is 7.71. The number of aliphatic carboxylic acids is 2. The fourth-order valence-electron chi connectivity index (χ4n) is 5.20. The van der Waals surface area contributed by atoms with E-state index in [1.54, 1.807) is 0 Å². The summed E-state index contributed by atoms with van der Waals surface area (Å²) in [7, 11) is 0. The number of rotatable bonds is 11. The first-order valence-corrected chi connectivity index (χ1v) is 13.9. The Bertz CT molecular complexity index is 1020. The number of anilines is 1. The number of carboxylic acid groups (broad SMARTS) is 2. The number of carbonyl (C=O) groups is 4. The van der Waals surface area contributed by atoms with Gasteiger partial charge in [-0.1, -0.05) is 38.8 Å². The number of carbonyl (C=O) groups excluding carboxylic acids is 2. The maximum atomic E-state index is 13.4. The molecule has 202 valence electrons. The van der Waals surface area contributed by atoms with Crippen molar-refractivity contribution >= 4 is 40.4 Å². The van der Waals surface area contributed by atoms with Crippen molar-refractivity contribution in [2.45, 2.75) is 70.1 Å². The highest BCUT2D eigenvalue weighted by atomic mass is 32.2. The Hall–Kier alpha value is -2.65. The molecule has 2 fully saturated rings. The third-order valence-electron chi connectivity index (χ3n) is 7.48. The van der Waals surface area contributed by atoms with Gasteiger partial charge in [0.05, 0.1) is 11.3 Å². The van der Waals surface area contributed by atoms with Crippen LogP contribution >= 0.6 is 11.8 Å². The summed E-state index contributed by atoms with van der Waals surface area (Å²) >= 11 is 1.15. The molecule has 1 saturated heterocycles. The molecule has 0 radical (unpaired) electrons. The third-order valence-corrected chi connectivity index (χ3v) is 8.59. The first-order chi connectivity index (χ1) is 17.6. The van der Waals surface area contributed by atoms with E-state index < -0.39 is 11.9 Å². The number of likely N-dealkylation sites (tertiary alicyclic amines) is 1. The molecule has 1 amide bonds. The van der Waals surface area contributed by atoms with E-state index in [1.165, 1.54) is 0 Å². The number of nitrogens with zero attached hydrogens (tertiary/aromatic N) is 1. The fraction of sp³-hybridized carbons (Fsp3) is 0.571. The average Bonchev–Trinajstić information content (AvgIpc) is 3.34. The van der Waals surface area contributed by atoms with Crippen molar-refractivity contribution in [3.05, 3.63) is 35.9 Å². The van der Waals surface area contributed by atoms with Crippen molar-refractivity contribution < 1.29 is 29.4 Å². The van der Waals surface area contributed by atoms with Crippen LogP contribution in [0.1, 0.15) is 65.2 Å². The molecule has 3 rings (SSSR count). The van der Waals surface area contributed by atoms with Crippen LogP contribution in [0, 0.1) is 17.3 Å². The number of benzene rings is 1. The Balaban J connectivity index is 1.60. The normalized spacial score (nSPS) is 18.6. The van der Waals surface area contributed by atoms with Gasteiger partial charge in [0.2, 0.25) is 5.91 Å². The van der Waals surface area contributed by atoms with Gasteiger partial charge >= 0.3 is 11.9 Å². The van der Waals surface area contributed by atoms with Crippen LogP contribution in [-0.4, -0.2) is 57.7 Å². The predicted molar refractivity (Wildman–Crippen MR) is 143 cm³/mol. The lowest BCUT2D eigenvalue weighted by molar-refractivity contribution is -0.135. The fourth-order valence-corrected chi connectivity index (χ4v) is 6.20. The Kier molecular flexibility index (Phi) is 10.3. The highest BCUT2D eigenvalue weighted by Crippen LogP contribution is 2.44. The SMILES string of the molecule is CC(C)CCC1(C(=O)Nc2ccccc2SC(=O)C2CCN(C/C(=C\C(=O)O)C(=O)O)CC2)CCCC1. The number of thioether (sulfide) groups is 1. The molecule has 2 aliphatic rings. The van der Waals surface area contributed by atoms with Gasteiger partial charge in [0.1, 0.15) is 0 Å². The molecular weight excluding hydrogens is 492 g/mol. The minimum absolute atomic E-state index is 0.0243. The van der Waals surface area contributed by atoms with Gasteiger partial charge in [-0.3, -0.25) is 14.5 Å². The summed E-state index contributed by atoms with van der Waals surface area (Å²) in [5.41, 5.74) is 0.164. The first-order valence-electron chi connectivity index (χ1n) is 13.1. The summed E-state index contributed by atoms with van der Waals surface area (Å²) in [5, 5.41) is 21.3. The standard InChI is InChI=1S/C28H38N2O6S/c1-19(2)9-14-28(12-5-6-13-28)27(36)29-22-7-3-4-8-23(22)37-26(35)20-10-15-30(16-11-20)18-21(25(33)34)17-24(31)32/h3-4,7-8,17,19-20H,5-6,9-16,18H2,1-2H3,(H,29,36)(H,31,32)(H,33,34)/b21-17+. The molecule has 1 aromatic rings. The van der Waals surface area contributed by atoms with Crippen LogP contribution in [0.4, 0.5) is 5.69 Å². The van der Waals surface area contributed by atoms with E-state index in [4.69, 9.17) is 5.11 Å². The van der Waals surface area contributed by atoms with Gasteiger partial charge in [0, 0.05) is 28.8 Å². The molecule has 0 unspecified atom stereocenters. The van der Waals surface area contributed by atoms with Gasteiger partial charge in [0.25, 0.3) is 0 Å². The molecule has 3 N–H and O–H groups in total. The van der Waals surface area contributed by atoms with Gasteiger partial charge in [-0.25, -0.2) is 9.59 Å². The summed E-state index contributed by atoms with van der Waals surface area (Å²) in [6, 6.07) is 7.44. The van der Waals surface area contributed by atoms with Crippen molar-refractivity contribution in [3.8, 4) is 0 Å². The van der Waals surface area contributed by atoms with E-state index in [9.17, 15) is 24.3 Å². The minimum atomic E-state index is -1.29. The molecule has 1 saturated carbocycles. The monoisotopic (exact) mass is 530 g/mol. The summed E-state index contributed by atoms with van der Waals surface area (Å²) in [6.45, 7) is 5.42. The zero-order valence-electron chi connectivity index (χ0n) is 21.7. The van der Waals surface area contributed by atoms with Crippen LogP contribution in [0.3, 0.4) is 0 Å². The molecule has 1 heterocycles. The molecule has 1 aromatic carbocycles. The smallest absolute Gasteiger partial charge is 0.333 e. The molecule has 0 atom stereocenters. The number of carboxylic acids is 2. The number of nitrogens with one attached hydrogen (secondary N) is 1.